The van der Waals surface area contributed by atoms with Gasteiger partial charge in [0.05, 0.1) is 5.69 Å². The lowest BCUT2D eigenvalue weighted by atomic mass is 10.0. The van der Waals surface area contributed by atoms with Crippen molar-refractivity contribution in [3.8, 4) is 22.5 Å². The first kappa shape index (κ1) is 22.5. The molecule has 0 spiro atoms. The Morgan fingerprint density at radius 2 is 1.58 bits per heavy atom. The summed E-state index contributed by atoms with van der Waals surface area (Å²) in [5.74, 6) is 0.835. The Morgan fingerprint density at radius 3 is 2.42 bits per heavy atom. The number of unbranched alkanes of at least 4 members (excludes halogenated alkanes) is 4. The van der Waals surface area contributed by atoms with Crippen LogP contribution < -0.4 is 5.32 Å². The third-order valence-corrected chi connectivity index (χ3v) is 5.63. The quantitative estimate of drug-likeness (QED) is 0.257. The highest BCUT2D eigenvalue weighted by Gasteiger charge is 2.09. The van der Waals surface area contributed by atoms with Crippen molar-refractivity contribution in [1.29, 1.82) is 0 Å². The van der Waals surface area contributed by atoms with Gasteiger partial charge >= 0.3 is 0 Å². The number of hydrogen-bond donors (Lipinski definition) is 1. The number of benzene rings is 2. The summed E-state index contributed by atoms with van der Waals surface area (Å²) < 4.78 is 5.42. The average Bonchev–Trinajstić information content (AvgIpc) is 3.34. The second-order valence-electron chi connectivity index (χ2n) is 8.15. The zero-order chi connectivity index (χ0) is 22.7. The molecule has 168 valence electrons. The SMILES string of the molecule is O=C(CCCCCCCc1cc(-c2cccnc2)on1)Nc1ccccc1-c1ccccc1. The molecular formula is C28H29N3O2. The molecular weight excluding hydrogens is 410 g/mol. The first-order valence-electron chi connectivity index (χ1n) is 11.6. The van der Waals surface area contributed by atoms with Crippen molar-refractivity contribution in [3.63, 3.8) is 0 Å². The Hall–Kier alpha value is -3.73. The molecule has 0 aliphatic rings. The molecule has 0 radical (unpaired) electrons. The Bertz CT molecular complexity index is 1140. The van der Waals surface area contributed by atoms with Gasteiger partial charge < -0.3 is 9.84 Å². The Labute approximate surface area is 194 Å². The summed E-state index contributed by atoms with van der Waals surface area (Å²) in [6.07, 6.45) is 10.2. The van der Waals surface area contributed by atoms with Crippen molar-refractivity contribution < 1.29 is 9.32 Å². The highest BCUT2D eigenvalue weighted by Crippen LogP contribution is 2.27. The van der Waals surface area contributed by atoms with Gasteiger partial charge in [0.2, 0.25) is 5.91 Å². The Balaban J connectivity index is 1.13. The zero-order valence-corrected chi connectivity index (χ0v) is 18.7. The number of aromatic nitrogens is 2. The third kappa shape index (κ3) is 6.62. The molecule has 1 amide bonds. The minimum absolute atomic E-state index is 0.0731. The molecule has 2 heterocycles. The number of rotatable bonds is 11. The maximum atomic E-state index is 12.5. The van der Waals surface area contributed by atoms with E-state index in [0.29, 0.717) is 6.42 Å². The van der Waals surface area contributed by atoms with Crippen LogP contribution in [0.3, 0.4) is 0 Å². The summed E-state index contributed by atoms with van der Waals surface area (Å²) in [4.78, 5) is 16.6. The Kier molecular flexibility index (Phi) is 8.01. The first-order valence-corrected chi connectivity index (χ1v) is 11.6. The van der Waals surface area contributed by atoms with Gasteiger partial charge in [0, 0.05) is 41.7 Å². The van der Waals surface area contributed by atoms with Gasteiger partial charge in [-0.2, -0.15) is 0 Å². The van der Waals surface area contributed by atoms with E-state index in [1.807, 2.05) is 60.7 Å². The van der Waals surface area contributed by atoms with Crippen LogP contribution in [0.2, 0.25) is 0 Å². The average molecular weight is 440 g/mol. The highest BCUT2D eigenvalue weighted by molar-refractivity contribution is 5.95. The van der Waals surface area contributed by atoms with E-state index < -0.39 is 0 Å². The third-order valence-electron chi connectivity index (χ3n) is 5.63. The smallest absolute Gasteiger partial charge is 0.224 e. The summed E-state index contributed by atoms with van der Waals surface area (Å²) in [7, 11) is 0. The zero-order valence-electron chi connectivity index (χ0n) is 18.7. The van der Waals surface area contributed by atoms with Gasteiger partial charge in [-0.25, -0.2) is 0 Å². The van der Waals surface area contributed by atoms with Crippen LogP contribution in [0.1, 0.15) is 44.2 Å². The molecule has 2 aromatic carbocycles. The molecule has 0 saturated heterocycles. The molecule has 0 atom stereocenters. The fourth-order valence-corrected chi connectivity index (χ4v) is 3.87. The summed E-state index contributed by atoms with van der Waals surface area (Å²) in [6, 6.07) is 23.9. The molecule has 5 heteroatoms. The molecule has 0 unspecified atom stereocenters. The molecule has 0 bridgehead atoms. The molecule has 0 fully saturated rings. The summed E-state index contributed by atoms with van der Waals surface area (Å²) >= 11 is 0. The van der Waals surface area contributed by atoms with Crippen molar-refractivity contribution in [2.45, 2.75) is 44.9 Å². The molecule has 4 aromatic rings. The van der Waals surface area contributed by atoms with Crippen molar-refractivity contribution in [2.75, 3.05) is 5.32 Å². The minimum atomic E-state index is 0.0731. The molecule has 0 saturated carbocycles. The molecule has 5 nitrogen and oxygen atoms in total. The van der Waals surface area contributed by atoms with E-state index in [4.69, 9.17) is 4.52 Å². The lowest BCUT2D eigenvalue weighted by molar-refractivity contribution is -0.116. The largest absolute Gasteiger partial charge is 0.356 e. The van der Waals surface area contributed by atoms with Crippen molar-refractivity contribution in [1.82, 2.24) is 10.1 Å². The maximum absolute atomic E-state index is 12.5. The monoisotopic (exact) mass is 439 g/mol. The van der Waals surface area contributed by atoms with Gasteiger partial charge in [-0.1, -0.05) is 73.0 Å². The van der Waals surface area contributed by atoms with Crippen LogP contribution in [0.15, 0.2) is 89.7 Å². The molecule has 0 aliphatic carbocycles. The second-order valence-corrected chi connectivity index (χ2v) is 8.15. The van der Waals surface area contributed by atoms with Crippen LogP contribution in [0.25, 0.3) is 22.5 Å². The molecule has 0 aliphatic heterocycles. The fraction of sp³-hybridized carbons (Fsp3) is 0.250. The van der Waals surface area contributed by atoms with Crippen LogP contribution in [-0.4, -0.2) is 16.0 Å². The Morgan fingerprint density at radius 1 is 0.818 bits per heavy atom. The van der Waals surface area contributed by atoms with E-state index in [9.17, 15) is 4.79 Å². The first-order chi connectivity index (χ1) is 16.3. The summed E-state index contributed by atoms with van der Waals surface area (Å²) in [6.45, 7) is 0. The van der Waals surface area contributed by atoms with E-state index >= 15 is 0 Å². The van der Waals surface area contributed by atoms with E-state index in [2.05, 4.69) is 27.6 Å². The van der Waals surface area contributed by atoms with E-state index in [0.717, 1.165) is 72.4 Å². The number of amides is 1. The van der Waals surface area contributed by atoms with Crippen LogP contribution >= 0.6 is 0 Å². The van der Waals surface area contributed by atoms with Crippen molar-refractivity contribution in [3.05, 3.63) is 90.9 Å². The van der Waals surface area contributed by atoms with Gasteiger partial charge in [0.25, 0.3) is 0 Å². The van der Waals surface area contributed by atoms with Gasteiger partial charge in [-0.3, -0.25) is 9.78 Å². The number of carbonyl (C=O) groups excluding carboxylic acids is 1. The van der Waals surface area contributed by atoms with Crippen LogP contribution in [-0.2, 0) is 11.2 Å². The lowest BCUT2D eigenvalue weighted by Crippen LogP contribution is -2.11. The number of pyridine rings is 1. The van der Waals surface area contributed by atoms with Gasteiger partial charge in [-0.15, -0.1) is 0 Å². The van der Waals surface area contributed by atoms with E-state index in [1.165, 1.54) is 0 Å². The number of nitrogens with one attached hydrogen (secondary N) is 1. The topological polar surface area (TPSA) is 68.0 Å². The number of hydrogen-bond acceptors (Lipinski definition) is 4. The highest BCUT2D eigenvalue weighted by atomic mass is 16.5. The van der Waals surface area contributed by atoms with Crippen molar-refractivity contribution >= 4 is 11.6 Å². The number of aryl methyl sites for hydroxylation is 1. The molecule has 33 heavy (non-hydrogen) atoms. The summed E-state index contributed by atoms with van der Waals surface area (Å²) in [5.41, 5.74) is 4.94. The predicted molar refractivity (Wildman–Crippen MR) is 132 cm³/mol. The fourth-order valence-electron chi connectivity index (χ4n) is 3.87. The van der Waals surface area contributed by atoms with E-state index in [-0.39, 0.29) is 5.91 Å². The van der Waals surface area contributed by atoms with Crippen LogP contribution in [0.4, 0.5) is 5.69 Å². The van der Waals surface area contributed by atoms with Gasteiger partial charge in [-0.05, 0) is 43.0 Å². The number of para-hydroxylation sites is 1. The second kappa shape index (κ2) is 11.8. The number of nitrogens with zero attached hydrogens (tertiary/aromatic N) is 2. The van der Waals surface area contributed by atoms with Crippen LogP contribution in [0.5, 0.6) is 0 Å². The minimum Gasteiger partial charge on any atom is -0.356 e. The van der Waals surface area contributed by atoms with E-state index in [1.54, 1.807) is 12.4 Å². The number of carbonyl (C=O) groups is 1. The van der Waals surface area contributed by atoms with Crippen molar-refractivity contribution in [2.24, 2.45) is 0 Å². The van der Waals surface area contributed by atoms with Crippen LogP contribution in [0, 0.1) is 0 Å². The molecule has 2 aromatic heterocycles. The lowest BCUT2D eigenvalue weighted by Gasteiger charge is -2.11. The molecule has 4 rings (SSSR count). The molecule has 1 N–H and O–H groups in total. The maximum Gasteiger partial charge on any atom is 0.224 e. The summed E-state index contributed by atoms with van der Waals surface area (Å²) in [5, 5.41) is 7.25. The standard InChI is InChI=1S/C28H29N3O2/c32-28(30-26-17-10-9-16-25(26)22-12-5-4-6-13-22)18-8-3-1-2-7-15-24-20-27(33-31-24)23-14-11-19-29-21-23/h4-6,9-14,16-17,19-21H,1-3,7-8,15,18H2,(H,30,32). The van der Waals surface area contributed by atoms with Gasteiger partial charge in [0.1, 0.15) is 0 Å². The predicted octanol–water partition coefficient (Wildman–Crippen LogP) is 6.93. The van der Waals surface area contributed by atoms with Gasteiger partial charge in [0.15, 0.2) is 5.76 Å². The number of anilines is 1. The normalized spacial score (nSPS) is 10.8.